The van der Waals surface area contributed by atoms with E-state index in [-0.39, 0.29) is 23.4 Å². The Labute approximate surface area is 131 Å². The Kier molecular flexibility index (Phi) is 4.98. The largest absolute Gasteiger partial charge is 0.462 e. The van der Waals surface area contributed by atoms with Gasteiger partial charge >= 0.3 is 5.97 Å². The Hall–Kier alpha value is -3.29. The standard InChI is InChI=1S/C15H13N3O5/c1-2-23-15(20)11-6-10(7-13(8-11)18(21)22)14(19)17-12-4-3-5-16-9-12/h3-9H,2H2,1H3,(H,17,19). The number of non-ortho nitro benzene ring substituents is 1. The summed E-state index contributed by atoms with van der Waals surface area (Å²) in [6.45, 7) is 1.74. The van der Waals surface area contributed by atoms with Crippen molar-refractivity contribution < 1.29 is 19.2 Å². The van der Waals surface area contributed by atoms with E-state index in [1.807, 2.05) is 0 Å². The van der Waals surface area contributed by atoms with Crippen molar-refractivity contribution in [1.29, 1.82) is 0 Å². The van der Waals surface area contributed by atoms with Crippen LogP contribution in [0.2, 0.25) is 0 Å². The number of aromatic nitrogens is 1. The summed E-state index contributed by atoms with van der Waals surface area (Å²) >= 11 is 0. The van der Waals surface area contributed by atoms with Crippen LogP contribution in [0.1, 0.15) is 27.6 Å². The van der Waals surface area contributed by atoms with Gasteiger partial charge in [0.15, 0.2) is 0 Å². The van der Waals surface area contributed by atoms with Crippen molar-refractivity contribution in [3.63, 3.8) is 0 Å². The average molecular weight is 315 g/mol. The van der Waals surface area contributed by atoms with E-state index < -0.39 is 16.8 Å². The van der Waals surface area contributed by atoms with Crippen LogP contribution in [-0.4, -0.2) is 28.4 Å². The number of pyridine rings is 1. The lowest BCUT2D eigenvalue weighted by Crippen LogP contribution is -2.14. The Morgan fingerprint density at radius 2 is 2.04 bits per heavy atom. The zero-order valence-electron chi connectivity index (χ0n) is 12.2. The molecule has 2 rings (SSSR count). The van der Waals surface area contributed by atoms with Crippen molar-refractivity contribution in [2.75, 3.05) is 11.9 Å². The molecular formula is C15H13N3O5. The van der Waals surface area contributed by atoms with Gasteiger partial charge < -0.3 is 10.1 Å². The molecule has 1 amide bonds. The maximum absolute atomic E-state index is 12.2. The second kappa shape index (κ2) is 7.12. The molecule has 0 bridgehead atoms. The first-order chi connectivity index (χ1) is 11.0. The maximum Gasteiger partial charge on any atom is 0.338 e. The number of esters is 1. The first kappa shape index (κ1) is 16.1. The summed E-state index contributed by atoms with van der Waals surface area (Å²) in [5.41, 5.74) is -0.0166. The van der Waals surface area contributed by atoms with Crippen LogP contribution in [0, 0.1) is 10.1 Å². The molecule has 1 aromatic heterocycles. The number of nitro groups is 1. The van der Waals surface area contributed by atoms with Gasteiger partial charge in [-0.05, 0) is 25.1 Å². The highest BCUT2D eigenvalue weighted by Gasteiger charge is 2.18. The molecule has 0 atom stereocenters. The van der Waals surface area contributed by atoms with Crippen molar-refractivity contribution in [2.45, 2.75) is 6.92 Å². The molecular weight excluding hydrogens is 302 g/mol. The quantitative estimate of drug-likeness (QED) is 0.515. The van der Waals surface area contributed by atoms with Gasteiger partial charge in [-0.25, -0.2) is 4.79 Å². The van der Waals surface area contributed by atoms with Gasteiger partial charge in [-0.3, -0.25) is 19.9 Å². The molecule has 0 unspecified atom stereocenters. The summed E-state index contributed by atoms with van der Waals surface area (Å²) in [4.78, 5) is 38.1. The minimum atomic E-state index is -0.730. The number of ether oxygens (including phenoxy) is 1. The number of rotatable bonds is 5. The molecule has 1 aromatic carbocycles. The summed E-state index contributed by atoms with van der Waals surface area (Å²) in [7, 11) is 0. The van der Waals surface area contributed by atoms with Crippen molar-refractivity contribution in [2.24, 2.45) is 0 Å². The third-order valence-corrected chi connectivity index (χ3v) is 2.82. The van der Waals surface area contributed by atoms with Crippen molar-refractivity contribution in [1.82, 2.24) is 4.98 Å². The Morgan fingerprint density at radius 3 is 2.65 bits per heavy atom. The number of benzene rings is 1. The smallest absolute Gasteiger partial charge is 0.338 e. The van der Waals surface area contributed by atoms with Crippen LogP contribution in [0.15, 0.2) is 42.7 Å². The van der Waals surface area contributed by atoms with E-state index in [1.165, 1.54) is 12.3 Å². The molecule has 2 aromatic rings. The number of anilines is 1. The molecule has 0 radical (unpaired) electrons. The van der Waals surface area contributed by atoms with Crippen LogP contribution < -0.4 is 5.32 Å². The van der Waals surface area contributed by atoms with Crippen LogP contribution in [-0.2, 0) is 4.74 Å². The third kappa shape index (κ3) is 4.10. The highest BCUT2D eigenvalue weighted by Crippen LogP contribution is 2.19. The lowest BCUT2D eigenvalue weighted by atomic mass is 10.1. The molecule has 0 spiro atoms. The highest BCUT2D eigenvalue weighted by molar-refractivity contribution is 6.06. The fraction of sp³-hybridized carbons (Fsp3) is 0.133. The monoisotopic (exact) mass is 315 g/mol. The zero-order chi connectivity index (χ0) is 16.8. The summed E-state index contributed by atoms with van der Waals surface area (Å²) < 4.78 is 4.81. The Balaban J connectivity index is 2.34. The SMILES string of the molecule is CCOC(=O)c1cc(C(=O)Nc2cccnc2)cc([N+](=O)[O-])c1. The van der Waals surface area contributed by atoms with E-state index in [4.69, 9.17) is 4.74 Å². The van der Waals surface area contributed by atoms with Crippen LogP contribution in [0.3, 0.4) is 0 Å². The average Bonchev–Trinajstić information content (AvgIpc) is 2.55. The lowest BCUT2D eigenvalue weighted by molar-refractivity contribution is -0.384. The lowest BCUT2D eigenvalue weighted by Gasteiger charge is -2.07. The molecule has 1 heterocycles. The zero-order valence-corrected chi connectivity index (χ0v) is 12.2. The summed E-state index contributed by atoms with van der Waals surface area (Å²) in [6, 6.07) is 6.66. The Morgan fingerprint density at radius 1 is 1.30 bits per heavy atom. The van der Waals surface area contributed by atoms with Crippen LogP contribution in [0.5, 0.6) is 0 Å². The third-order valence-electron chi connectivity index (χ3n) is 2.82. The molecule has 0 aliphatic heterocycles. The predicted octanol–water partition coefficient (Wildman–Crippen LogP) is 2.42. The molecule has 0 fully saturated rings. The summed E-state index contributed by atoms with van der Waals surface area (Å²) in [5.74, 6) is -1.32. The number of amides is 1. The molecule has 1 N–H and O–H groups in total. The van der Waals surface area contributed by atoms with Gasteiger partial charge in [0.25, 0.3) is 11.6 Å². The van der Waals surface area contributed by atoms with E-state index >= 15 is 0 Å². The molecule has 23 heavy (non-hydrogen) atoms. The second-order valence-electron chi connectivity index (χ2n) is 4.44. The molecule has 0 aliphatic rings. The number of carbonyl (C=O) groups is 2. The van der Waals surface area contributed by atoms with Crippen molar-refractivity contribution in [3.05, 3.63) is 64.0 Å². The first-order valence-corrected chi connectivity index (χ1v) is 6.69. The highest BCUT2D eigenvalue weighted by atomic mass is 16.6. The molecule has 0 aliphatic carbocycles. The van der Waals surface area contributed by atoms with Gasteiger partial charge in [0, 0.05) is 23.9 Å². The van der Waals surface area contributed by atoms with Crippen LogP contribution >= 0.6 is 0 Å². The normalized spacial score (nSPS) is 9.96. The summed E-state index contributed by atoms with van der Waals surface area (Å²) in [5, 5.41) is 13.5. The van der Waals surface area contributed by atoms with E-state index in [1.54, 1.807) is 25.3 Å². The van der Waals surface area contributed by atoms with Gasteiger partial charge in [0.2, 0.25) is 0 Å². The fourth-order valence-electron chi connectivity index (χ4n) is 1.82. The number of nitrogens with one attached hydrogen (secondary N) is 1. The number of carbonyl (C=O) groups excluding carboxylic acids is 2. The van der Waals surface area contributed by atoms with Crippen LogP contribution in [0.25, 0.3) is 0 Å². The predicted molar refractivity (Wildman–Crippen MR) is 81.2 cm³/mol. The minimum absolute atomic E-state index is 0.0221. The molecule has 8 nitrogen and oxygen atoms in total. The molecule has 0 saturated carbocycles. The number of nitrogens with zero attached hydrogens (tertiary/aromatic N) is 2. The van der Waals surface area contributed by atoms with E-state index in [0.717, 1.165) is 12.1 Å². The van der Waals surface area contributed by atoms with Crippen molar-refractivity contribution >= 4 is 23.3 Å². The first-order valence-electron chi connectivity index (χ1n) is 6.69. The van der Waals surface area contributed by atoms with Gasteiger partial charge in [0.05, 0.1) is 29.0 Å². The van der Waals surface area contributed by atoms with Crippen LogP contribution in [0.4, 0.5) is 11.4 Å². The fourth-order valence-corrected chi connectivity index (χ4v) is 1.82. The molecule has 0 saturated heterocycles. The topological polar surface area (TPSA) is 111 Å². The summed E-state index contributed by atoms with van der Waals surface area (Å²) in [6.07, 6.45) is 2.98. The van der Waals surface area contributed by atoms with Gasteiger partial charge in [-0.1, -0.05) is 0 Å². The second-order valence-corrected chi connectivity index (χ2v) is 4.44. The maximum atomic E-state index is 12.2. The van der Waals surface area contributed by atoms with Gasteiger partial charge in [0.1, 0.15) is 0 Å². The van der Waals surface area contributed by atoms with Gasteiger partial charge in [-0.2, -0.15) is 0 Å². The van der Waals surface area contributed by atoms with E-state index in [0.29, 0.717) is 5.69 Å². The van der Waals surface area contributed by atoms with Crippen molar-refractivity contribution in [3.8, 4) is 0 Å². The van der Waals surface area contributed by atoms with E-state index in [2.05, 4.69) is 10.3 Å². The number of hydrogen-bond acceptors (Lipinski definition) is 6. The van der Waals surface area contributed by atoms with Gasteiger partial charge in [-0.15, -0.1) is 0 Å². The minimum Gasteiger partial charge on any atom is -0.462 e. The number of nitro benzene ring substituents is 1. The number of hydrogen-bond donors (Lipinski definition) is 1. The molecule has 118 valence electrons. The Bertz CT molecular complexity index is 746. The van der Waals surface area contributed by atoms with E-state index in [9.17, 15) is 19.7 Å². The molecule has 8 heteroatoms.